The van der Waals surface area contributed by atoms with E-state index in [4.69, 9.17) is 4.74 Å². The van der Waals surface area contributed by atoms with Crippen LogP contribution in [-0.2, 0) is 4.74 Å². The van der Waals surface area contributed by atoms with E-state index in [2.05, 4.69) is 55.4 Å². The molecule has 0 amide bonds. The van der Waals surface area contributed by atoms with Crippen molar-refractivity contribution in [3.63, 3.8) is 0 Å². The van der Waals surface area contributed by atoms with Crippen LogP contribution in [0.4, 0.5) is 0 Å². The van der Waals surface area contributed by atoms with Crippen LogP contribution in [0.15, 0.2) is 0 Å². The average molecular weight is 244 g/mol. The van der Waals surface area contributed by atoms with E-state index in [0.717, 1.165) is 26.1 Å². The molecule has 0 aliphatic rings. The van der Waals surface area contributed by atoms with Gasteiger partial charge in [-0.05, 0) is 30.1 Å². The highest BCUT2D eigenvalue weighted by Gasteiger charge is 2.08. The predicted molar refractivity (Wildman–Crippen MR) is 79.5 cm³/mol. The second kappa shape index (κ2) is 9.94. The van der Waals surface area contributed by atoms with Crippen molar-refractivity contribution in [2.24, 2.45) is 10.8 Å². The molecular formula is C16H36O. The summed E-state index contributed by atoms with van der Waals surface area (Å²) in [5.41, 5.74) is 0.975. The largest absolute Gasteiger partial charge is 0.381 e. The lowest BCUT2D eigenvalue weighted by Gasteiger charge is -2.17. The van der Waals surface area contributed by atoms with Gasteiger partial charge in [0.15, 0.2) is 0 Å². The first-order valence-corrected chi connectivity index (χ1v) is 7.20. The summed E-state index contributed by atoms with van der Waals surface area (Å²) in [7, 11) is 0. The quantitative estimate of drug-likeness (QED) is 0.565. The molecule has 0 radical (unpaired) electrons. The van der Waals surface area contributed by atoms with E-state index in [1.54, 1.807) is 0 Å². The summed E-state index contributed by atoms with van der Waals surface area (Å²) in [6.45, 7) is 19.7. The molecule has 0 fully saturated rings. The lowest BCUT2D eigenvalue weighted by Crippen LogP contribution is -2.09. The van der Waals surface area contributed by atoms with Gasteiger partial charge in [-0.15, -0.1) is 0 Å². The van der Waals surface area contributed by atoms with E-state index >= 15 is 0 Å². The number of hydrogen-bond acceptors (Lipinski definition) is 1. The van der Waals surface area contributed by atoms with Gasteiger partial charge in [0.05, 0.1) is 0 Å². The van der Waals surface area contributed by atoms with E-state index in [9.17, 15) is 0 Å². The van der Waals surface area contributed by atoms with Crippen LogP contribution in [0, 0.1) is 10.8 Å². The lowest BCUT2D eigenvalue weighted by atomic mass is 9.91. The van der Waals surface area contributed by atoms with E-state index in [0.29, 0.717) is 10.8 Å². The molecule has 0 N–H and O–H groups in total. The van der Waals surface area contributed by atoms with Crippen molar-refractivity contribution in [1.29, 1.82) is 0 Å². The molecule has 0 heterocycles. The van der Waals surface area contributed by atoms with Gasteiger partial charge in [-0.1, -0.05) is 61.8 Å². The van der Waals surface area contributed by atoms with Gasteiger partial charge in [0.2, 0.25) is 0 Å². The van der Waals surface area contributed by atoms with Gasteiger partial charge in [-0.2, -0.15) is 0 Å². The minimum Gasteiger partial charge on any atom is -0.381 e. The van der Waals surface area contributed by atoms with Gasteiger partial charge in [0.25, 0.3) is 0 Å². The lowest BCUT2D eigenvalue weighted by molar-refractivity contribution is 0.109. The Balaban J connectivity index is 0. The van der Waals surface area contributed by atoms with Gasteiger partial charge in [0.1, 0.15) is 0 Å². The molecule has 0 unspecified atom stereocenters. The molecule has 0 aromatic carbocycles. The molecule has 106 valence electrons. The van der Waals surface area contributed by atoms with E-state index in [1.807, 2.05) is 0 Å². The van der Waals surface area contributed by atoms with E-state index < -0.39 is 0 Å². The van der Waals surface area contributed by atoms with Crippen LogP contribution in [0.3, 0.4) is 0 Å². The second-order valence-electron chi connectivity index (χ2n) is 7.23. The van der Waals surface area contributed by atoms with E-state index in [-0.39, 0.29) is 0 Å². The van der Waals surface area contributed by atoms with Crippen molar-refractivity contribution < 1.29 is 4.74 Å². The van der Waals surface area contributed by atoms with Gasteiger partial charge in [-0.3, -0.25) is 0 Å². The Hall–Kier alpha value is -0.0400. The highest BCUT2D eigenvalue weighted by Crippen LogP contribution is 2.19. The summed E-state index contributed by atoms with van der Waals surface area (Å²) in [4.78, 5) is 0. The molecule has 0 aromatic rings. The highest BCUT2D eigenvalue weighted by atomic mass is 16.5. The van der Waals surface area contributed by atoms with Gasteiger partial charge in [-0.25, -0.2) is 0 Å². The molecule has 17 heavy (non-hydrogen) atoms. The second-order valence-corrected chi connectivity index (χ2v) is 7.23. The Morgan fingerprint density at radius 3 is 1.35 bits per heavy atom. The fourth-order valence-electron chi connectivity index (χ4n) is 1.37. The number of ether oxygens (including phenoxy) is 1. The third-order valence-electron chi connectivity index (χ3n) is 2.34. The zero-order chi connectivity index (χ0) is 13.9. The maximum absolute atomic E-state index is 5.36. The van der Waals surface area contributed by atoms with Crippen molar-refractivity contribution in [2.75, 3.05) is 13.2 Å². The number of hydrogen-bond donors (Lipinski definition) is 0. The molecule has 1 nitrogen and oxygen atoms in total. The van der Waals surface area contributed by atoms with Crippen LogP contribution in [0.5, 0.6) is 0 Å². The minimum atomic E-state index is 0.424. The highest BCUT2D eigenvalue weighted by molar-refractivity contribution is 4.59. The maximum atomic E-state index is 5.36. The van der Waals surface area contributed by atoms with Crippen LogP contribution < -0.4 is 0 Å². The molecule has 0 aliphatic heterocycles. The number of rotatable bonds is 5. The molecule has 0 saturated heterocycles. The normalized spacial score (nSPS) is 12.0. The predicted octanol–water partition coefficient (Wildman–Crippen LogP) is 5.68. The summed E-state index contributed by atoms with van der Waals surface area (Å²) in [6, 6.07) is 0. The van der Waals surface area contributed by atoms with E-state index in [1.165, 1.54) is 12.8 Å². The average Bonchev–Trinajstić information content (AvgIpc) is 2.10. The van der Waals surface area contributed by atoms with Crippen molar-refractivity contribution in [1.82, 2.24) is 0 Å². The topological polar surface area (TPSA) is 9.23 Å². The molecule has 0 atom stereocenters. The third kappa shape index (κ3) is 25.9. The van der Waals surface area contributed by atoms with Gasteiger partial charge >= 0.3 is 0 Å². The first kappa shape index (κ1) is 19.3. The third-order valence-corrected chi connectivity index (χ3v) is 2.34. The SMILES string of the molecule is CCCC(C)(C)C.CCCOCCC(C)(C)C. The zero-order valence-corrected chi connectivity index (χ0v) is 13.7. The summed E-state index contributed by atoms with van der Waals surface area (Å²) >= 11 is 0. The first-order valence-electron chi connectivity index (χ1n) is 7.20. The van der Waals surface area contributed by atoms with Crippen molar-refractivity contribution >= 4 is 0 Å². The molecular weight excluding hydrogens is 208 g/mol. The Morgan fingerprint density at radius 2 is 1.12 bits per heavy atom. The fraction of sp³-hybridized carbons (Fsp3) is 1.00. The maximum Gasteiger partial charge on any atom is 0.0471 e. The fourth-order valence-corrected chi connectivity index (χ4v) is 1.37. The van der Waals surface area contributed by atoms with Crippen molar-refractivity contribution in [3.8, 4) is 0 Å². The molecule has 0 aromatic heterocycles. The van der Waals surface area contributed by atoms with Gasteiger partial charge in [0, 0.05) is 13.2 Å². The zero-order valence-electron chi connectivity index (χ0n) is 13.7. The molecule has 0 spiro atoms. The van der Waals surface area contributed by atoms with Crippen LogP contribution in [0.1, 0.15) is 81.1 Å². The molecule has 0 rings (SSSR count). The van der Waals surface area contributed by atoms with Gasteiger partial charge < -0.3 is 4.74 Å². The van der Waals surface area contributed by atoms with Crippen LogP contribution in [0.2, 0.25) is 0 Å². The van der Waals surface area contributed by atoms with Crippen LogP contribution in [-0.4, -0.2) is 13.2 Å². The van der Waals surface area contributed by atoms with Crippen molar-refractivity contribution in [3.05, 3.63) is 0 Å². The summed E-state index contributed by atoms with van der Waals surface area (Å²) in [5.74, 6) is 0. The van der Waals surface area contributed by atoms with Crippen LogP contribution in [0.25, 0.3) is 0 Å². The Labute approximate surface area is 110 Å². The summed E-state index contributed by atoms with van der Waals surface area (Å²) in [6.07, 6.45) is 4.94. The minimum absolute atomic E-state index is 0.424. The molecule has 0 saturated carbocycles. The van der Waals surface area contributed by atoms with Crippen LogP contribution >= 0.6 is 0 Å². The Bertz CT molecular complexity index is 148. The Kier molecular flexibility index (Phi) is 11.3. The summed E-state index contributed by atoms with van der Waals surface area (Å²) < 4.78 is 5.36. The van der Waals surface area contributed by atoms with Crippen molar-refractivity contribution in [2.45, 2.75) is 81.1 Å². The monoisotopic (exact) mass is 244 g/mol. The molecule has 0 bridgehead atoms. The molecule has 0 aliphatic carbocycles. The Morgan fingerprint density at radius 1 is 0.647 bits per heavy atom. The standard InChI is InChI=1S/C9H20O.C7H16/c1-5-7-10-8-6-9(2,3)4;1-5-6-7(2,3)4/h5-8H2,1-4H3;5-6H2,1-4H3. The summed E-state index contributed by atoms with van der Waals surface area (Å²) in [5, 5.41) is 0. The smallest absolute Gasteiger partial charge is 0.0471 e. The first-order chi connectivity index (χ1) is 7.62. The molecule has 1 heteroatoms.